The number of hydroxylamine groups is 2. The third-order valence-electron chi connectivity index (χ3n) is 2.69. The van der Waals surface area contributed by atoms with Crippen molar-refractivity contribution in [3.05, 3.63) is 0 Å². The Bertz CT molecular complexity index is 161. The molecule has 3 heteroatoms. The van der Waals surface area contributed by atoms with Crippen LogP contribution in [0.25, 0.3) is 0 Å². The van der Waals surface area contributed by atoms with Crippen molar-refractivity contribution in [3.8, 4) is 0 Å². The van der Waals surface area contributed by atoms with Gasteiger partial charge in [0.1, 0.15) is 0 Å². The Balaban J connectivity index is 2.44. The molecule has 64 valence electrons. The molecule has 1 amide bonds. The van der Waals surface area contributed by atoms with Gasteiger partial charge in [0.25, 0.3) is 0 Å². The maximum Gasteiger partial charge on any atom is 0.249 e. The summed E-state index contributed by atoms with van der Waals surface area (Å²) in [6.45, 7) is 4.19. The van der Waals surface area contributed by atoms with E-state index in [0.29, 0.717) is 11.8 Å². The van der Waals surface area contributed by atoms with Gasteiger partial charge < -0.3 is 0 Å². The van der Waals surface area contributed by atoms with Gasteiger partial charge in [0.05, 0.1) is 7.11 Å². The Labute approximate surface area is 67.3 Å². The van der Waals surface area contributed by atoms with Crippen LogP contribution < -0.4 is 0 Å². The highest BCUT2D eigenvalue weighted by Crippen LogP contribution is 2.46. The lowest BCUT2D eigenvalue weighted by Crippen LogP contribution is -2.27. The van der Waals surface area contributed by atoms with E-state index in [-0.39, 0.29) is 11.8 Å². The SMILES string of the molecule is CON(C)C(=O)C1C(C)C1C. The minimum Gasteiger partial charge on any atom is -0.275 e. The monoisotopic (exact) mass is 157 g/mol. The molecule has 0 radical (unpaired) electrons. The fourth-order valence-electron chi connectivity index (χ4n) is 1.41. The molecule has 1 rings (SSSR count). The summed E-state index contributed by atoms with van der Waals surface area (Å²) in [6.07, 6.45) is 0. The second-order valence-corrected chi connectivity index (χ2v) is 3.26. The van der Waals surface area contributed by atoms with Crippen molar-refractivity contribution in [3.63, 3.8) is 0 Å². The number of carbonyl (C=O) groups excluding carboxylic acids is 1. The fraction of sp³-hybridized carbons (Fsp3) is 0.875. The molecule has 0 spiro atoms. The molecule has 2 atom stereocenters. The maximum absolute atomic E-state index is 11.4. The lowest BCUT2D eigenvalue weighted by Gasteiger charge is -2.12. The Morgan fingerprint density at radius 1 is 1.36 bits per heavy atom. The van der Waals surface area contributed by atoms with Gasteiger partial charge in [0.2, 0.25) is 5.91 Å². The van der Waals surface area contributed by atoms with E-state index < -0.39 is 0 Å². The van der Waals surface area contributed by atoms with E-state index >= 15 is 0 Å². The normalized spacial score (nSPS) is 35.1. The number of amides is 1. The molecule has 0 aromatic rings. The second kappa shape index (κ2) is 2.81. The Morgan fingerprint density at radius 2 is 1.82 bits per heavy atom. The van der Waals surface area contributed by atoms with E-state index in [1.54, 1.807) is 7.05 Å². The van der Waals surface area contributed by atoms with Crippen LogP contribution in [0.2, 0.25) is 0 Å². The van der Waals surface area contributed by atoms with Gasteiger partial charge in [0.15, 0.2) is 0 Å². The minimum absolute atomic E-state index is 0.104. The van der Waals surface area contributed by atoms with Crippen LogP contribution in [-0.2, 0) is 9.63 Å². The van der Waals surface area contributed by atoms with Gasteiger partial charge in [-0.05, 0) is 11.8 Å². The summed E-state index contributed by atoms with van der Waals surface area (Å²) < 4.78 is 0. The summed E-state index contributed by atoms with van der Waals surface area (Å²) >= 11 is 0. The molecule has 1 aliphatic rings. The van der Waals surface area contributed by atoms with E-state index in [9.17, 15) is 4.79 Å². The Hall–Kier alpha value is -0.570. The average Bonchev–Trinajstić information content (AvgIpc) is 2.57. The maximum atomic E-state index is 11.4. The minimum atomic E-state index is 0.104. The van der Waals surface area contributed by atoms with Crippen LogP contribution in [0, 0.1) is 17.8 Å². The van der Waals surface area contributed by atoms with Crippen molar-refractivity contribution in [1.82, 2.24) is 5.06 Å². The number of hydrogen-bond acceptors (Lipinski definition) is 2. The van der Waals surface area contributed by atoms with E-state index in [1.165, 1.54) is 12.2 Å². The van der Waals surface area contributed by atoms with Crippen LogP contribution in [0.3, 0.4) is 0 Å². The highest BCUT2D eigenvalue weighted by Gasteiger charge is 2.49. The highest BCUT2D eigenvalue weighted by atomic mass is 16.7. The molecule has 1 saturated carbocycles. The van der Waals surface area contributed by atoms with Crippen molar-refractivity contribution >= 4 is 5.91 Å². The smallest absolute Gasteiger partial charge is 0.249 e. The molecule has 11 heavy (non-hydrogen) atoms. The van der Waals surface area contributed by atoms with E-state index in [0.717, 1.165) is 0 Å². The molecule has 0 aromatic carbocycles. The van der Waals surface area contributed by atoms with Crippen molar-refractivity contribution in [2.24, 2.45) is 17.8 Å². The molecular formula is C8H15NO2. The summed E-state index contributed by atoms with van der Waals surface area (Å²) in [5, 5.41) is 1.31. The second-order valence-electron chi connectivity index (χ2n) is 3.26. The number of rotatable bonds is 2. The lowest BCUT2D eigenvalue weighted by atomic mass is 10.3. The summed E-state index contributed by atoms with van der Waals surface area (Å²) in [6, 6.07) is 0. The lowest BCUT2D eigenvalue weighted by molar-refractivity contribution is -0.170. The van der Waals surface area contributed by atoms with Gasteiger partial charge in [-0.15, -0.1) is 0 Å². The van der Waals surface area contributed by atoms with Gasteiger partial charge in [-0.3, -0.25) is 9.63 Å². The highest BCUT2D eigenvalue weighted by molar-refractivity contribution is 5.80. The molecule has 0 aromatic heterocycles. The largest absolute Gasteiger partial charge is 0.275 e. The third-order valence-corrected chi connectivity index (χ3v) is 2.69. The van der Waals surface area contributed by atoms with Gasteiger partial charge in [-0.2, -0.15) is 0 Å². The van der Waals surface area contributed by atoms with Crippen LogP contribution in [0.1, 0.15) is 13.8 Å². The molecular weight excluding hydrogens is 142 g/mol. The first-order chi connectivity index (χ1) is 5.09. The summed E-state index contributed by atoms with van der Waals surface area (Å²) in [5.41, 5.74) is 0. The van der Waals surface area contributed by atoms with Crippen molar-refractivity contribution in [2.75, 3.05) is 14.2 Å². The number of hydrogen-bond donors (Lipinski definition) is 0. The van der Waals surface area contributed by atoms with Gasteiger partial charge >= 0.3 is 0 Å². The molecule has 3 nitrogen and oxygen atoms in total. The first kappa shape index (κ1) is 8.53. The standard InChI is InChI=1S/C8H15NO2/c1-5-6(2)7(5)8(10)9(3)11-4/h5-7H,1-4H3. The van der Waals surface area contributed by atoms with Crippen molar-refractivity contribution < 1.29 is 9.63 Å². The Kier molecular flexibility index (Phi) is 2.18. The fourth-order valence-corrected chi connectivity index (χ4v) is 1.41. The Morgan fingerprint density at radius 3 is 2.09 bits per heavy atom. The number of nitrogens with zero attached hydrogens (tertiary/aromatic N) is 1. The predicted molar refractivity (Wildman–Crippen MR) is 41.6 cm³/mol. The molecule has 0 N–H and O–H groups in total. The zero-order valence-electron chi connectivity index (χ0n) is 7.50. The first-order valence-electron chi connectivity index (χ1n) is 3.91. The van der Waals surface area contributed by atoms with Crippen LogP contribution >= 0.6 is 0 Å². The van der Waals surface area contributed by atoms with E-state index in [2.05, 4.69) is 13.8 Å². The quantitative estimate of drug-likeness (QED) is 0.557. The zero-order chi connectivity index (χ0) is 8.59. The topological polar surface area (TPSA) is 29.5 Å². The molecule has 1 fully saturated rings. The zero-order valence-corrected chi connectivity index (χ0v) is 7.50. The van der Waals surface area contributed by atoms with E-state index in [4.69, 9.17) is 4.84 Å². The molecule has 0 bridgehead atoms. The van der Waals surface area contributed by atoms with Crippen molar-refractivity contribution in [1.29, 1.82) is 0 Å². The molecule has 1 aliphatic carbocycles. The molecule has 2 unspecified atom stereocenters. The van der Waals surface area contributed by atoms with Crippen molar-refractivity contribution in [2.45, 2.75) is 13.8 Å². The van der Waals surface area contributed by atoms with Gasteiger partial charge in [0, 0.05) is 13.0 Å². The summed E-state index contributed by atoms with van der Waals surface area (Å²) in [5.74, 6) is 1.35. The van der Waals surface area contributed by atoms with Crippen LogP contribution in [-0.4, -0.2) is 25.1 Å². The first-order valence-corrected chi connectivity index (χ1v) is 3.91. The van der Waals surface area contributed by atoms with Crippen LogP contribution in [0.15, 0.2) is 0 Å². The average molecular weight is 157 g/mol. The van der Waals surface area contributed by atoms with E-state index in [1.807, 2.05) is 0 Å². The van der Waals surface area contributed by atoms with Crippen LogP contribution in [0.5, 0.6) is 0 Å². The van der Waals surface area contributed by atoms with Gasteiger partial charge in [-0.25, -0.2) is 5.06 Å². The summed E-state index contributed by atoms with van der Waals surface area (Å²) in [4.78, 5) is 16.2. The number of carbonyl (C=O) groups is 1. The van der Waals surface area contributed by atoms with Gasteiger partial charge in [-0.1, -0.05) is 13.8 Å². The molecule has 0 heterocycles. The molecule has 0 saturated heterocycles. The predicted octanol–water partition coefficient (Wildman–Crippen LogP) is 0.908. The van der Waals surface area contributed by atoms with Crippen LogP contribution in [0.4, 0.5) is 0 Å². The molecule has 0 aliphatic heterocycles. The third kappa shape index (κ3) is 1.38. The summed E-state index contributed by atoms with van der Waals surface area (Å²) in [7, 11) is 3.16.